The van der Waals surface area contributed by atoms with E-state index in [0.29, 0.717) is 16.8 Å². The van der Waals surface area contributed by atoms with Crippen LogP contribution < -0.4 is 0 Å². The van der Waals surface area contributed by atoms with Crippen molar-refractivity contribution in [3.05, 3.63) is 29.8 Å². The summed E-state index contributed by atoms with van der Waals surface area (Å²) in [6, 6.07) is 5.13. The van der Waals surface area contributed by atoms with Gasteiger partial charge in [0.2, 0.25) is 0 Å². The highest BCUT2D eigenvalue weighted by atomic mass is 35.5. The lowest BCUT2D eigenvalue weighted by atomic mass is 10.0. The molecule has 0 unspecified atom stereocenters. The maximum Gasteiger partial charge on any atom is 0.151 e. The number of nitrogens with zero attached hydrogens (tertiary/aromatic N) is 2. The lowest BCUT2D eigenvalue weighted by Gasteiger charge is -2.17. The summed E-state index contributed by atoms with van der Waals surface area (Å²) in [5.41, 5.74) is 1.72. The van der Waals surface area contributed by atoms with Gasteiger partial charge in [-0.1, -0.05) is 19.4 Å². The fourth-order valence-corrected chi connectivity index (χ4v) is 3.17. The molecule has 2 aromatic rings. The number of hydrogen-bond donors (Lipinski definition) is 0. The highest BCUT2D eigenvalue weighted by Gasteiger charge is 2.42. The normalized spacial score (nSPS) is 17.0. The van der Waals surface area contributed by atoms with Gasteiger partial charge in [0.15, 0.2) is 5.82 Å². The molecule has 0 aliphatic heterocycles. The Hall–Kier alpha value is -1.09. The highest BCUT2D eigenvalue weighted by molar-refractivity contribution is 6.16. The van der Waals surface area contributed by atoms with Crippen LogP contribution in [-0.4, -0.2) is 9.55 Å². The molecule has 4 heteroatoms. The molecule has 102 valence electrons. The molecule has 1 fully saturated rings. The molecule has 0 atom stereocenters. The van der Waals surface area contributed by atoms with Crippen LogP contribution in [0, 0.1) is 11.2 Å². The van der Waals surface area contributed by atoms with E-state index in [0.717, 1.165) is 17.9 Å². The molecule has 1 aliphatic rings. The van der Waals surface area contributed by atoms with Gasteiger partial charge in [0.25, 0.3) is 0 Å². The van der Waals surface area contributed by atoms with Gasteiger partial charge >= 0.3 is 0 Å². The molecule has 1 aromatic carbocycles. The Morgan fingerprint density at radius 1 is 1.42 bits per heavy atom. The SMILES string of the molecule is CCCC1(Cn2c(CCl)nc3c(F)cccc32)CC1. The molecule has 0 bridgehead atoms. The number of fused-ring (bicyclic) bond motifs is 1. The first-order valence-corrected chi connectivity index (χ1v) is 7.42. The first-order valence-electron chi connectivity index (χ1n) is 6.89. The Morgan fingerprint density at radius 3 is 2.84 bits per heavy atom. The van der Waals surface area contributed by atoms with Crippen LogP contribution in [0.5, 0.6) is 0 Å². The number of aromatic nitrogens is 2. The molecule has 0 radical (unpaired) electrons. The third-order valence-electron chi connectivity index (χ3n) is 4.16. The molecular weight excluding hydrogens is 263 g/mol. The number of benzene rings is 1. The van der Waals surface area contributed by atoms with Gasteiger partial charge in [0.05, 0.1) is 11.4 Å². The average Bonchev–Trinajstić information content (AvgIpc) is 3.06. The molecule has 0 spiro atoms. The molecule has 3 rings (SSSR count). The Balaban J connectivity index is 2.04. The number of halogens is 2. The minimum Gasteiger partial charge on any atom is -0.326 e. The minimum absolute atomic E-state index is 0.261. The smallest absolute Gasteiger partial charge is 0.151 e. The number of para-hydroxylation sites is 1. The van der Waals surface area contributed by atoms with E-state index >= 15 is 0 Å². The van der Waals surface area contributed by atoms with E-state index in [9.17, 15) is 4.39 Å². The van der Waals surface area contributed by atoms with E-state index in [-0.39, 0.29) is 5.82 Å². The lowest BCUT2D eigenvalue weighted by molar-refractivity contribution is 0.389. The third-order valence-corrected chi connectivity index (χ3v) is 4.40. The van der Waals surface area contributed by atoms with Crippen molar-refractivity contribution in [2.75, 3.05) is 0 Å². The molecular formula is C15H18ClFN2. The van der Waals surface area contributed by atoms with Crippen LogP contribution in [0.15, 0.2) is 18.2 Å². The summed E-state index contributed by atoms with van der Waals surface area (Å²) in [7, 11) is 0. The number of alkyl halides is 1. The molecule has 1 saturated carbocycles. The van der Waals surface area contributed by atoms with Gasteiger partial charge in [0, 0.05) is 6.54 Å². The van der Waals surface area contributed by atoms with Gasteiger partial charge in [-0.3, -0.25) is 0 Å². The highest BCUT2D eigenvalue weighted by Crippen LogP contribution is 2.51. The zero-order valence-electron chi connectivity index (χ0n) is 11.1. The molecule has 1 heterocycles. The van der Waals surface area contributed by atoms with Crippen molar-refractivity contribution < 1.29 is 4.39 Å². The van der Waals surface area contributed by atoms with Gasteiger partial charge in [-0.2, -0.15) is 0 Å². The summed E-state index contributed by atoms with van der Waals surface area (Å²) in [6.07, 6.45) is 4.94. The maximum absolute atomic E-state index is 13.8. The quantitative estimate of drug-likeness (QED) is 0.738. The third kappa shape index (κ3) is 2.25. The van der Waals surface area contributed by atoms with Crippen molar-refractivity contribution in [2.45, 2.75) is 45.0 Å². The van der Waals surface area contributed by atoms with Crippen molar-refractivity contribution in [2.24, 2.45) is 5.41 Å². The Kier molecular flexibility index (Phi) is 3.25. The second kappa shape index (κ2) is 4.78. The van der Waals surface area contributed by atoms with E-state index in [4.69, 9.17) is 11.6 Å². The van der Waals surface area contributed by atoms with Crippen LogP contribution in [0.2, 0.25) is 0 Å². The molecule has 0 saturated heterocycles. The zero-order valence-corrected chi connectivity index (χ0v) is 11.9. The van der Waals surface area contributed by atoms with Crippen molar-refractivity contribution in [3.63, 3.8) is 0 Å². The Morgan fingerprint density at radius 2 is 2.21 bits per heavy atom. The monoisotopic (exact) mass is 280 g/mol. The summed E-state index contributed by atoms with van der Waals surface area (Å²) in [5, 5.41) is 0. The minimum atomic E-state index is -0.261. The summed E-state index contributed by atoms with van der Waals surface area (Å²) in [4.78, 5) is 4.36. The number of rotatable bonds is 5. The fraction of sp³-hybridized carbons (Fsp3) is 0.533. The number of imidazole rings is 1. The molecule has 2 nitrogen and oxygen atoms in total. The predicted molar refractivity (Wildman–Crippen MR) is 75.8 cm³/mol. The van der Waals surface area contributed by atoms with Gasteiger partial charge < -0.3 is 4.57 Å². The van der Waals surface area contributed by atoms with Crippen LogP contribution >= 0.6 is 11.6 Å². The van der Waals surface area contributed by atoms with Crippen molar-refractivity contribution in [3.8, 4) is 0 Å². The van der Waals surface area contributed by atoms with Crippen molar-refractivity contribution >= 4 is 22.6 Å². The molecule has 0 amide bonds. The zero-order chi connectivity index (χ0) is 13.5. The topological polar surface area (TPSA) is 17.8 Å². The van der Waals surface area contributed by atoms with E-state index in [1.807, 2.05) is 6.07 Å². The summed E-state index contributed by atoms with van der Waals surface area (Å²) >= 11 is 5.98. The summed E-state index contributed by atoms with van der Waals surface area (Å²) in [5.74, 6) is 0.850. The predicted octanol–water partition coefficient (Wildman–Crippen LogP) is 4.49. The van der Waals surface area contributed by atoms with Crippen LogP contribution in [0.3, 0.4) is 0 Å². The molecule has 0 N–H and O–H groups in total. The van der Waals surface area contributed by atoms with Crippen molar-refractivity contribution in [1.29, 1.82) is 0 Å². The second-order valence-electron chi connectivity index (χ2n) is 5.61. The van der Waals surface area contributed by atoms with Crippen LogP contribution in [0.4, 0.5) is 4.39 Å². The van der Waals surface area contributed by atoms with E-state index in [1.54, 1.807) is 6.07 Å². The Labute approximate surface area is 117 Å². The first-order chi connectivity index (χ1) is 9.19. The average molecular weight is 281 g/mol. The van der Waals surface area contributed by atoms with Gasteiger partial charge in [0.1, 0.15) is 11.3 Å². The van der Waals surface area contributed by atoms with Crippen molar-refractivity contribution in [1.82, 2.24) is 9.55 Å². The first kappa shape index (κ1) is 12.9. The van der Waals surface area contributed by atoms with E-state index in [1.165, 1.54) is 31.7 Å². The van der Waals surface area contributed by atoms with Gasteiger partial charge in [-0.05, 0) is 36.8 Å². The van der Waals surface area contributed by atoms with E-state index < -0.39 is 0 Å². The Bertz CT molecular complexity index is 601. The fourth-order valence-electron chi connectivity index (χ4n) is 2.97. The maximum atomic E-state index is 13.8. The van der Waals surface area contributed by atoms with Crippen LogP contribution in [-0.2, 0) is 12.4 Å². The molecule has 1 aliphatic carbocycles. The molecule has 1 aromatic heterocycles. The number of hydrogen-bond acceptors (Lipinski definition) is 1. The van der Waals surface area contributed by atoms with Gasteiger partial charge in [-0.15, -0.1) is 11.6 Å². The van der Waals surface area contributed by atoms with E-state index in [2.05, 4.69) is 16.5 Å². The standard InChI is InChI=1S/C15H18ClFN2/c1-2-6-15(7-8-15)10-19-12-5-3-4-11(17)14(12)18-13(19)9-16/h3-5H,2,6-10H2,1H3. The largest absolute Gasteiger partial charge is 0.326 e. The second-order valence-corrected chi connectivity index (χ2v) is 5.87. The van der Waals surface area contributed by atoms with Gasteiger partial charge in [-0.25, -0.2) is 9.37 Å². The van der Waals surface area contributed by atoms with Crippen LogP contribution in [0.1, 0.15) is 38.4 Å². The molecule has 19 heavy (non-hydrogen) atoms. The lowest BCUT2D eigenvalue weighted by Crippen LogP contribution is -2.13. The van der Waals surface area contributed by atoms with Crippen LogP contribution in [0.25, 0.3) is 11.0 Å². The summed E-state index contributed by atoms with van der Waals surface area (Å²) < 4.78 is 15.9. The summed E-state index contributed by atoms with van der Waals surface area (Å²) in [6.45, 7) is 3.14.